The Hall–Kier alpha value is -0.890. The molecule has 1 N–H and O–H groups in total. The summed E-state index contributed by atoms with van der Waals surface area (Å²) >= 11 is 0. The third-order valence-corrected chi connectivity index (χ3v) is 2.20. The standard InChI is InChI=1S/C12H20N2/c1-9(2)12-5-11(6-13-8-12)7-14-10(3)4/h5-6,8-10,14H,7H2,1-4H3. The minimum atomic E-state index is 0.526. The molecule has 1 heterocycles. The third kappa shape index (κ3) is 3.46. The lowest BCUT2D eigenvalue weighted by atomic mass is 10.0. The first-order valence-corrected chi connectivity index (χ1v) is 5.26. The maximum absolute atomic E-state index is 4.24. The van der Waals surface area contributed by atoms with Gasteiger partial charge in [-0.3, -0.25) is 4.98 Å². The van der Waals surface area contributed by atoms with Crippen molar-refractivity contribution >= 4 is 0 Å². The van der Waals surface area contributed by atoms with Crippen molar-refractivity contribution in [1.82, 2.24) is 10.3 Å². The van der Waals surface area contributed by atoms with E-state index in [-0.39, 0.29) is 0 Å². The first kappa shape index (κ1) is 11.2. The molecule has 1 aromatic heterocycles. The van der Waals surface area contributed by atoms with Crippen LogP contribution in [-0.2, 0) is 6.54 Å². The number of hydrogen-bond acceptors (Lipinski definition) is 2. The second-order valence-electron chi connectivity index (χ2n) is 4.32. The molecule has 0 aromatic carbocycles. The molecule has 0 aliphatic heterocycles. The first-order chi connectivity index (χ1) is 6.59. The summed E-state index contributed by atoms with van der Waals surface area (Å²) in [6.45, 7) is 9.60. The van der Waals surface area contributed by atoms with E-state index in [0.717, 1.165) is 6.54 Å². The molecule has 0 bridgehead atoms. The quantitative estimate of drug-likeness (QED) is 0.793. The molecule has 0 spiro atoms. The normalized spacial score (nSPS) is 11.3. The summed E-state index contributed by atoms with van der Waals surface area (Å²) in [5.41, 5.74) is 2.58. The number of pyridine rings is 1. The molecule has 14 heavy (non-hydrogen) atoms. The van der Waals surface area contributed by atoms with Crippen LogP contribution in [0, 0.1) is 0 Å². The Balaban J connectivity index is 2.64. The van der Waals surface area contributed by atoms with E-state index < -0.39 is 0 Å². The van der Waals surface area contributed by atoms with E-state index in [4.69, 9.17) is 0 Å². The van der Waals surface area contributed by atoms with Gasteiger partial charge in [-0.1, -0.05) is 33.8 Å². The van der Waals surface area contributed by atoms with Crippen LogP contribution in [0.25, 0.3) is 0 Å². The molecular formula is C12H20N2. The molecule has 0 amide bonds. The van der Waals surface area contributed by atoms with Gasteiger partial charge in [0, 0.05) is 25.0 Å². The van der Waals surface area contributed by atoms with Crippen molar-refractivity contribution in [3.63, 3.8) is 0 Å². The van der Waals surface area contributed by atoms with Crippen LogP contribution < -0.4 is 5.32 Å². The molecule has 0 unspecified atom stereocenters. The molecule has 78 valence electrons. The van der Waals surface area contributed by atoms with Crippen LogP contribution in [0.5, 0.6) is 0 Å². The Kier molecular flexibility index (Phi) is 4.08. The second-order valence-corrected chi connectivity index (χ2v) is 4.32. The van der Waals surface area contributed by atoms with Crippen LogP contribution in [0.15, 0.2) is 18.5 Å². The fraction of sp³-hybridized carbons (Fsp3) is 0.583. The van der Waals surface area contributed by atoms with Gasteiger partial charge in [0.05, 0.1) is 0 Å². The summed E-state index contributed by atoms with van der Waals surface area (Å²) in [4.78, 5) is 4.24. The minimum absolute atomic E-state index is 0.526. The van der Waals surface area contributed by atoms with Gasteiger partial charge in [0.1, 0.15) is 0 Å². The zero-order valence-corrected chi connectivity index (χ0v) is 9.54. The SMILES string of the molecule is CC(C)NCc1cncc(C(C)C)c1. The highest BCUT2D eigenvalue weighted by Gasteiger charge is 2.01. The highest BCUT2D eigenvalue weighted by Crippen LogP contribution is 2.13. The van der Waals surface area contributed by atoms with Crippen molar-refractivity contribution < 1.29 is 0 Å². The fourth-order valence-electron chi connectivity index (χ4n) is 1.24. The van der Waals surface area contributed by atoms with Crippen LogP contribution in [0.3, 0.4) is 0 Å². The van der Waals surface area contributed by atoms with Crippen molar-refractivity contribution in [1.29, 1.82) is 0 Å². The van der Waals surface area contributed by atoms with Crippen LogP contribution >= 0.6 is 0 Å². The van der Waals surface area contributed by atoms with Gasteiger partial charge in [-0.15, -0.1) is 0 Å². The maximum atomic E-state index is 4.24. The summed E-state index contributed by atoms with van der Waals surface area (Å²) in [5.74, 6) is 0.557. The number of hydrogen-bond donors (Lipinski definition) is 1. The lowest BCUT2D eigenvalue weighted by Gasteiger charge is -2.10. The maximum Gasteiger partial charge on any atom is 0.0313 e. The molecule has 2 heteroatoms. The van der Waals surface area contributed by atoms with Crippen molar-refractivity contribution in [3.8, 4) is 0 Å². The second kappa shape index (κ2) is 5.11. The molecule has 2 nitrogen and oxygen atoms in total. The first-order valence-electron chi connectivity index (χ1n) is 5.26. The molecule has 0 fully saturated rings. The van der Waals surface area contributed by atoms with Crippen molar-refractivity contribution in [3.05, 3.63) is 29.6 Å². The highest BCUT2D eigenvalue weighted by molar-refractivity contribution is 5.20. The molecule has 1 aromatic rings. The molecule has 0 aliphatic rings. The lowest BCUT2D eigenvalue weighted by molar-refractivity contribution is 0.587. The predicted molar refractivity (Wildman–Crippen MR) is 60.3 cm³/mol. The minimum Gasteiger partial charge on any atom is -0.310 e. The zero-order chi connectivity index (χ0) is 10.6. The largest absolute Gasteiger partial charge is 0.310 e. The average molecular weight is 192 g/mol. The van der Waals surface area contributed by atoms with E-state index in [1.807, 2.05) is 12.4 Å². The van der Waals surface area contributed by atoms with Crippen LogP contribution in [0.4, 0.5) is 0 Å². The molecule has 0 saturated heterocycles. The van der Waals surface area contributed by atoms with Crippen molar-refractivity contribution in [2.45, 2.75) is 46.2 Å². The van der Waals surface area contributed by atoms with Gasteiger partial charge in [0.15, 0.2) is 0 Å². The van der Waals surface area contributed by atoms with E-state index in [1.165, 1.54) is 11.1 Å². The summed E-state index contributed by atoms with van der Waals surface area (Å²) < 4.78 is 0. The lowest BCUT2D eigenvalue weighted by Crippen LogP contribution is -2.21. The van der Waals surface area contributed by atoms with E-state index in [9.17, 15) is 0 Å². The Bertz CT molecular complexity index is 279. The molecular weight excluding hydrogens is 172 g/mol. The fourth-order valence-corrected chi connectivity index (χ4v) is 1.24. The van der Waals surface area contributed by atoms with Gasteiger partial charge in [-0.05, 0) is 17.0 Å². The monoisotopic (exact) mass is 192 g/mol. The Labute approximate surface area is 86.8 Å². The number of rotatable bonds is 4. The molecule has 0 radical (unpaired) electrons. The number of nitrogens with one attached hydrogen (secondary N) is 1. The zero-order valence-electron chi connectivity index (χ0n) is 9.54. The Morgan fingerprint density at radius 1 is 1.21 bits per heavy atom. The van der Waals surface area contributed by atoms with Crippen molar-refractivity contribution in [2.75, 3.05) is 0 Å². The predicted octanol–water partition coefficient (Wildman–Crippen LogP) is 2.70. The van der Waals surface area contributed by atoms with Gasteiger partial charge in [-0.2, -0.15) is 0 Å². The van der Waals surface area contributed by atoms with Gasteiger partial charge >= 0.3 is 0 Å². The molecule has 1 rings (SSSR count). The third-order valence-electron chi connectivity index (χ3n) is 2.20. The van der Waals surface area contributed by atoms with E-state index in [2.05, 4.69) is 44.1 Å². The number of nitrogens with zero attached hydrogens (tertiary/aromatic N) is 1. The summed E-state index contributed by atoms with van der Waals surface area (Å²) in [6, 6.07) is 2.75. The van der Waals surface area contributed by atoms with Crippen LogP contribution in [-0.4, -0.2) is 11.0 Å². The Morgan fingerprint density at radius 3 is 2.50 bits per heavy atom. The van der Waals surface area contributed by atoms with Crippen LogP contribution in [0.1, 0.15) is 44.7 Å². The summed E-state index contributed by atoms with van der Waals surface area (Å²) in [6.07, 6.45) is 3.88. The van der Waals surface area contributed by atoms with Gasteiger partial charge < -0.3 is 5.32 Å². The smallest absolute Gasteiger partial charge is 0.0313 e. The van der Waals surface area contributed by atoms with Gasteiger partial charge in [0.25, 0.3) is 0 Å². The van der Waals surface area contributed by atoms with E-state index in [0.29, 0.717) is 12.0 Å². The summed E-state index contributed by atoms with van der Waals surface area (Å²) in [7, 11) is 0. The Morgan fingerprint density at radius 2 is 1.93 bits per heavy atom. The van der Waals surface area contributed by atoms with Gasteiger partial charge in [0.2, 0.25) is 0 Å². The molecule has 0 aliphatic carbocycles. The van der Waals surface area contributed by atoms with E-state index >= 15 is 0 Å². The van der Waals surface area contributed by atoms with Crippen LogP contribution in [0.2, 0.25) is 0 Å². The van der Waals surface area contributed by atoms with Gasteiger partial charge in [-0.25, -0.2) is 0 Å². The van der Waals surface area contributed by atoms with E-state index in [1.54, 1.807) is 0 Å². The molecule has 0 saturated carbocycles. The summed E-state index contributed by atoms with van der Waals surface area (Å²) in [5, 5.41) is 3.39. The number of aromatic nitrogens is 1. The van der Waals surface area contributed by atoms with Crippen molar-refractivity contribution in [2.24, 2.45) is 0 Å². The molecule has 0 atom stereocenters. The topological polar surface area (TPSA) is 24.9 Å². The highest BCUT2D eigenvalue weighted by atomic mass is 14.9. The average Bonchev–Trinajstić information content (AvgIpc) is 2.15.